The Hall–Kier alpha value is -1.90. The molecule has 0 aliphatic rings. The van der Waals surface area contributed by atoms with Crippen molar-refractivity contribution < 1.29 is 13.5 Å². The normalized spacial score (nSPS) is 11.1. The fraction of sp³-hybridized carbons (Fsp3) is 0.0769. The standard InChI is InChI=1S/C13H10F2O/c14-13(15,11-7-3-1-4-8-11)16-12-9-5-2-6-10-12/h1-10H. The summed E-state index contributed by atoms with van der Waals surface area (Å²) in [5.41, 5.74) is -0.154. The predicted molar refractivity (Wildman–Crippen MR) is 57.4 cm³/mol. The fourth-order valence-electron chi connectivity index (χ4n) is 1.33. The summed E-state index contributed by atoms with van der Waals surface area (Å²) in [6.45, 7) is 0. The number of alkyl halides is 2. The predicted octanol–water partition coefficient (Wildman–Crippen LogP) is 3.81. The molecule has 2 aromatic rings. The van der Waals surface area contributed by atoms with Gasteiger partial charge in [-0.05, 0) is 24.3 Å². The van der Waals surface area contributed by atoms with Crippen molar-refractivity contribution in [2.24, 2.45) is 0 Å². The maximum Gasteiger partial charge on any atom is 0.426 e. The van der Waals surface area contributed by atoms with E-state index in [4.69, 9.17) is 0 Å². The topological polar surface area (TPSA) is 9.23 Å². The van der Waals surface area contributed by atoms with Crippen molar-refractivity contribution in [2.75, 3.05) is 0 Å². The molecule has 0 unspecified atom stereocenters. The van der Waals surface area contributed by atoms with E-state index in [1.807, 2.05) is 0 Å². The number of para-hydroxylation sites is 1. The third-order valence-electron chi connectivity index (χ3n) is 2.10. The molecule has 0 bridgehead atoms. The Kier molecular flexibility index (Phi) is 2.86. The highest BCUT2D eigenvalue weighted by molar-refractivity contribution is 5.24. The molecule has 3 heteroatoms. The number of hydrogen-bond donors (Lipinski definition) is 0. The Morgan fingerprint density at radius 2 is 1.25 bits per heavy atom. The van der Waals surface area contributed by atoms with Crippen LogP contribution in [-0.2, 0) is 6.11 Å². The summed E-state index contributed by atoms with van der Waals surface area (Å²) in [4.78, 5) is 0. The van der Waals surface area contributed by atoms with Crippen LogP contribution in [0.1, 0.15) is 5.56 Å². The van der Waals surface area contributed by atoms with E-state index in [0.717, 1.165) is 0 Å². The molecule has 0 radical (unpaired) electrons. The minimum Gasteiger partial charge on any atom is -0.429 e. The zero-order valence-electron chi connectivity index (χ0n) is 8.44. The zero-order valence-corrected chi connectivity index (χ0v) is 8.44. The molecular formula is C13H10F2O. The van der Waals surface area contributed by atoms with Gasteiger partial charge in [0.15, 0.2) is 0 Å². The highest BCUT2D eigenvalue weighted by Crippen LogP contribution is 2.30. The van der Waals surface area contributed by atoms with Crippen LogP contribution in [0.15, 0.2) is 60.7 Å². The van der Waals surface area contributed by atoms with E-state index >= 15 is 0 Å². The summed E-state index contributed by atoms with van der Waals surface area (Å²) < 4.78 is 31.9. The average Bonchev–Trinajstić information content (AvgIpc) is 2.31. The summed E-state index contributed by atoms with van der Waals surface area (Å²) >= 11 is 0. The van der Waals surface area contributed by atoms with Crippen molar-refractivity contribution in [1.82, 2.24) is 0 Å². The Morgan fingerprint density at radius 3 is 1.81 bits per heavy atom. The lowest BCUT2D eigenvalue weighted by Gasteiger charge is -2.17. The van der Waals surface area contributed by atoms with Crippen LogP contribution in [0.5, 0.6) is 5.75 Å². The molecular weight excluding hydrogens is 210 g/mol. The summed E-state index contributed by atoms with van der Waals surface area (Å²) in [5.74, 6) is 0.149. The lowest BCUT2D eigenvalue weighted by molar-refractivity contribution is -0.185. The monoisotopic (exact) mass is 220 g/mol. The van der Waals surface area contributed by atoms with Gasteiger partial charge in [0, 0.05) is 0 Å². The first-order chi connectivity index (χ1) is 7.68. The lowest BCUT2D eigenvalue weighted by Crippen LogP contribution is -2.21. The van der Waals surface area contributed by atoms with E-state index in [1.54, 1.807) is 36.4 Å². The molecule has 0 aliphatic heterocycles. The SMILES string of the molecule is FC(F)(Oc1ccccc1)c1ccccc1. The zero-order chi connectivity index (χ0) is 11.4. The maximum atomic E-state index is 13.6. The van der Waals surface area contributed by atoms with Crippen LogP contribution in [0.25, 0.3) is 0 Å². The van der Waals surface area contributed by atoms with E-state index in [9.17, 15) is 8.78 Å². The van der Waals surface area contributed by atoms with E-state index in [-0.39, 0.29) is 11.3 Å². The van der Waals surface area contributed by atoms with Gasteiger partial charge in [-0.15, -0.1) is 0 Å². The van der Waals surface area contributed by atoms with Gasteiger partial charge in [-0.25, -0.2) is 0 Å². The first-order valence-electron chi connectivity index (χ1n) is 4.86. The van der Waals surface area contributed by atoms with E-state index in [0.29, 0.717) is 0 Å². The number of benzene rings is 2. The quantitative estimate of drug-likeness (QED) is 0.764. The number of halogens is 2. The third kappa shape index (κ3) is 2.37. The van der Waals surface area contributed by atoms with Crippen molar-refractivity contribution in [2.45, 2.75) is 6.11 Å². The number of ether oxygens (including phenoxy) is 1. The summed E-state index contributed by atoms with van der Waals surface area (Å²) in [7, 11) is 0. The molecule has 0 atom stereocenters. The van der Waals surface area contributed by atoms with Gasteiger partial charge < -0.3 is 4.74 Å². The van der Waals surface area contributed by atoms with E-state index < -0.39 is 6.11 Å². The van der Waals surface area contributed by atoms with Crippen LogP contribution < -0.4 is 4.74 Å². The minimum absolute atomic E-state index is 0.149. The second kappa shape index (κ2) is 4.31. The van der Waals surface area contributed by atoms with Gasteiger partial charge in [0.1, 0.15) is 5.75 Å². The molecule has 0 N–H and O–H groups in total. The molecule has 16 heavy (non-hydrogen) atoms. The minimum atomic E-state index is -3.30. The fourth-order valence-corrected chi connectivity index (χ4v) is 1.33. The molecule has 0 saturated carbocycles. The van der Waals surface area contributed by atoms with Crippen LogP contribution in [-0.4, -0.2) is 0 Å². The molecule has 0 saturated heterocycles. The Bertz CT molecular complexity index is 440. The van der Waals surface area contributed by atoms with Crippen molar-refractivity contribution >= 4 is 0 Å². The molecule has 0 aromatic heterocycles. The largest absolute Gasteiger partial charge is 0.429 e. The van der Waals surface area contributed by atoms with Crippen molar-refractivity contribution in [1.29, 1.82) is 0 Å². The molecule has 0 fully saturated rings. The van der Waals surface area contributed by atoms with Gasteiger partial charge in [0.2, 0.25) is 0 Å². The summed E-state index contributed by atoms with van der Waals surface area (Å²) in [6, 6.07) is 15.5. The average molecular weight is 220 g/mol. The molecule has 0 amide bonds. The van der Waals surface area contributed by atoms with E-state index in [2.05, 4.69) is 4.74 Å². The Labute approximate surface area is 92.3 Å². The van der Waals surface area contributed by atoms with Crippen molar-refractivity contribution in [3.05, 3.63) is 66.2 Å². The van der Waals surface area contributed by atoms with Gasteiger partial charge in [0.05, 0.1) is 5.56 Å². The third-order valence-corrected chi connectivity index (χ3v) is 2.10. The summed E-state index contributed by atoms with van der Waals surface area (Å²) in [6.07, 6.45) is -3.30. The van der Waals surface area contributed by atoms with Gasteiger partial charge in [-0.3, -0.25) is 0 Å². The van der Waals surface area contributed by atoms with Gasteiger partial charge in [0.25, 0.3) is 0 Å². The second-order valence-electron chi connectivity index (χ2n) is 3.30. The van der Waals surface area contributed by atoms with Crippen LogP contribution >= 0.6 is 0 Å². The molecule has 82 valence electrons. The second-order valence-corrected chi connectivity index (χ2v) is 3.30. The van der Waals surface area contributed by atoms with Crippen molar-refractivity contribution in [3.8, 4) is 5.75 Å². The lowest BCUT2D eigenvalue weighted by atomic mass is 10.2. The summed E-state index contributed by atoms with van der Waals surface area (Å²) in [5, 5.41) is 0. The van der Waals surface area contributed by atoms with Crippen molar-refractivity contribution in [3.63, 3.8) is 0 Å². The van der Waals surface area contributed by atoms with Crippen LogP contribution in [0.2, 0.25) is 0 Å². The maximum absolute atomic E-state index is 13.6. The van der Waals surface area contributed by atoms with Gasteiger partial charge >= 0.3 is 6.11 Å². The molecule has 1 nitrogen and oxygen atoms in total. The molecule has 2 rings (SSSR count). The van der Waals surface area contributed by atoms with Crippen LogP contribution in [0.4, 0.5) is 8.78 Å². The van der Waals surface area contributed by atoms with Crippen LogP contribution in [0, 0.1) is 0 Å². The highest BCUT2D eigenvalue weighted by Gasteiger charge is 2.33. The number of rotatable bonds is 3. The Balaban J connectivity index is 2.21. The van der Waals surface area contributed by atoms with Gasteiger partial charge in [-0.2, -0.15) is 8.78 Å². The number of hydrogen-bond acceptors (Lipinski definition) is 1. The molecule has 0 aliphatic carbocycles. The smallest absolute Gasteiger partial charge is 0.426 e. The first-order valence-corrected chi connectivity index (χ1v) is 4.86. The van der Waals surface area contributed by atoms with Crippen LogP contribution in [0.3, 0.4) is 0 Å². The molecule has 2 aromatic carbocycles. The highest BCUT2D eigenvalue weighted by atomic mass is 19.3. The molecule has 0 spiro atoms. The van der Waals surface area contributed by atoms with Gasteiger partial charge in [-0.1, -0.05) is 36.4 Å². The molecule has 0 heterocycles. The first kappa shape index (κ1) is 10.6. The van der Waals surface area contributed by atoms with E-state index in [1.165, 1.54) is 24.3 Å². The Morgan fingerprint density at radius 1 is 0.750 bits per heavy atom.